The Balaban J connectivity index is 2.16. The zero-order valence-electron chi connectivity index (χ0n) is 11.8. The summed E-state index contributed by atoms with van der Waals surface area (Å²) in [5.74, 6) is 0.660. The minimum atomic E-state index is -0.950. The van der Waals surface area contributed by atoms with Crippen LogP contribution in [0.4, 0.5) is 0 Å². The first-order valence-corrected chi connectivity index (χ1v) is 8.78. The van der Waals surface area contributed by atoms with Crippen molar-refractivity contribution in [2.75, 3.05) is 12.3 Å². The third kappa shape index (κ3) is 7.22. The maximum Gasteiger partial charge on any atom is 0.166 e. The van der Waals surface area contributed by atoms with Gasteiger partial charge in [-0.2, -0.15) is 0 Å². The number of hydrogen-bond acceptors (Lipinski definition) is 2. The molecule has 1 aromatic carbocycles. The second kappa shape index (κ2) is 9.32. The lowest BCUT2D eigenvalue weighted by Gasteiger charge is -2.12. The smallest absolute Gasteiger partial charge is 0.166 e. The molecular formula is C14H21ClN2OS2. The van der Waals surface area contributed by atoms with Crippen molar-refractivity contribution in [3.05, 3.63) is 29.3 Å². The Morgan fingerprint density at radius 2 is 1.95 bits per heavy atom. The van der Waals surface area contributed by atoms with Gasteiger partial charge in [0, 0.05) is 28.3 Å². The van der Waals surface area contributed by atoms with Gasteiger partial charge in [-0.05, 0) is 63.2 Å². The Morgan fingerprint density at radius 3 is 2.55 bits per heavy atom. The third-order valence-corrected chi connectivity index (χ3v) is 4.51. The van der Waals surface area contributed by atoms with E-state index in [9.17, 15) is 4.21 Å². The van der Waals surface area contributed by atoms with Crippen molar-refractivity contribution in [2.45, 2.75) is 37.6 Å². The first-order chi connectivity index (χ1) is 9.49. The number of unbranched alkanes of at least 4 members (excludes halogenated alkanes) is 1. The van der Waals surface area contributed by atoms with Crippen molar-refractivity contribution in [3.63, 3.8) is 0 Å². The van der Waals surface area contributed by atoms with Crippen LogP contribution >= 0.6 is 23.8 Å². The quantitative estimate of drug-likeness (QED) is 0.594. The Morgan fingerprint density at radius 1 is 1.30 bits per heavy atom. The molecule has 1 unspecified atom stereocenters. The van der Waals surface area contributed by atoms with Crippen LogP contribution in [0.15, 0.2) is 29.2 Å². The number of nitrogens with one attached hydrogen (secondary N) is 2. The largest absolute Gasteiger partial charge is 0.363 e. The number of thiocarbonyl (C=S) groups is 1. The van der Waals surface area contributed by atoms with E-state index in [2.05, 4.69) is 10.6 Å². The van der Waals surface area contributed by atoms with Gasteiger partial charge < -0.3 is 10.6 Å². The Labute approximate surface area is 133 Å². The van der Waals surface area contributed by atoms with E-state index in [1.54, 1.807) is 12.1 Å². The van der Waals surface area contributed by atoms with E-state index in [1.807, 2.05) is 26.0 Å². The number of benzene rings is 1. The van der Waals surface area contributed by atoms with Gasteiger partial charge in [0.25, 0.3) is 0 Å². The van der Waals surface area contributed by atoms with Crippen LogP contribution in [-0.2, 0) is 10.8 Å². The SMILES string of the molecule is CC(C)NC(=S)NCCCCS(=O)c1ccc(Cl)cc1. The molecule has 0 radical (unpaired) electrons. The molecule has 2 N–H and O–H groups in total. The minimum absolute atomic E-state index is 0.340. The summed E-state index contributed by atoms with van der Waals surface area (Å²) < 4.78 is 12.0. The number of rotatable bonds is 7. The fourth-order valence-corrected chi connectivity index (χ4v) is 3.18. The van der Waals surface area contributed by atoms with Crippen molar-refractivity contribution in [3.8, 4) is 0 Å². The number of halogens is 1. The van der Waals surface area contributed by atoms with Crippen molar-refractivity contribution in [2.24, 2.45) is 0 Å². The molecule has 0 aromatic heterocycles. The predicted molar refractivity (Wildman–Crippen MR) is 90.8 cm³/mol. The molecule has 0 saturated carbocycles. The average Bonchev–Trinajstić information content (AvgIpc) is 2.38. The molecule has 0 aliphatic heterocycles. The molecule has 0 aliphatic carbocycles. The van der Waals surface area contributed by atoms with E-state index in [-0.39, 0.29) is 0 Å². The molecule has 0 spiro atoms. The van der Waals surface area contributed by atoms with Crippen LogP contribution in [0.1, 0.15) is 26.7 Å². The summed E-state index contributed by atoms with van der Waals surface area (Å²) in [6, 6.07) is 7.52. The lowest BCUT2D eigenvalue weighted by molar-refractivity contribution is 0.672. The summed E-state index contributed by atoms with van der Waals surface area (Å²) in [7, 11) is -0.950. The molecule has 0 saturated heterocycles. The molecule has 0 bridgehead atoms. The van der Waals surface area contributed by atoms with Crippen molar-refractivity contribution in [1.82, 2.24) is 10.6 Å². The highest BCUT2D eigenvalue weighted by Crippen LogP contribution is 2.13. The van der Waals surface area contributed by atoms with Crippen molar-refractivity contribution in [1.29, 1.82) is 0 Å². The number of hydrogen-bond donors (Lipinski definition) is 2. The van der Waals surface area contributed by atoms with Gasteiger partial charge in [0.2, 0.25) is 0 Å². The zero-order valence-corrected chi connectivity index (χ0v) is 14.2. The highest BCUT2D eigenvalue weighted by Gasteiger charge is 2.03. The maximum absolute atomic E-state index is 12.0. The highest BCUT2D eigenvalue weighted by molar-refractivity contribution is 7.85. The molecule has 1 aromatic rings. The summed E-state index contributed by atoms with van der Waals surface area (Å²) >= 11 is 10.9. The van der Waals surface area contributed by atoms with Crippen LogP contribution < -0.4 is 10.6 Å². The molecule has 0 amide bonds. The van der Waals surface area contributed by atoms with Gasteiger partial charge in [-0.3, -0.25) is 4.21 Å². The first kappa shape index (κ1) is 17.4. The van der Waals surface area contributed by atoms with Crippen LogP contribution in [0, 0.1) is 0 Å². The van der Waals surface area contributed by atoms with Gasteiger partial charge in [0.1, 0.15) is 0 Å². The van der Waals surface area contributed by atoms with E-state index in [4.69, 9.17) is 23.8 Å². The van der Waals surface area contributed by atoms with Crippen LogP contribution in [0.2, 0.25) is 5.02 Å². The molecule has 20 heavy (non-hydrogen) atoms. The second-order valence-corrected chi connectivity index (χ2v) is 7.18. The maximum atomic E-state index is 12.0. The molecular weight excluding hydrogens is 312 g/mol. The van der Waals surface area contributed by atoms with Crippen LogP contribution in [0.25, 0.3) is 0 Å². The topological polar surface area (TPSA) is 41.1 Å². The molecule has 0 heterocycles. The molecule has 0 fully saturated rings. The second-order valence-electron chi connectivity index (χ2n) is 4.77. The summed E-state index contributed by atoms with van der Waals surface area (Å²) in [4.78, 5) is 0.833. The van der Waals surface area contributed by atoms with E-state index in [0.717, 1.165) is 24.3 Å². The first-order valence-electron chi connectivity index (χ1n) is 6.67. The predicted octanol–water partition coefficient (Wildman–Crippen LogP) is 3.10. The fraction of sp³-hybridized carbons (Fsp3) is 0.500. The normalized spacial score (nSPS) is 12.2. The fourth-order valence-electron chi connectivity index (χ4n) is 1.58. The molecule has 112 valence electrons. The van der Waals surface area contributed by atoms with E-state index in [0.29, 0.717) is 21.9 Å². The average molecular weight is 333 g/mol. The van der Waals surface area contributed by atoms with E-state index >= 15 is 0 Å². The molecule has 3 nitrogen and oxygen atoms in total. The summed E-state index contributed by atoms with van der Waals surface area (Å²) in [6.45, 7) is 4.89. The van der Waals surface area contributed by atoms with Gasteiger partial charge >= 0.3 is 0 Å². The van der Waals surface area contributed by atoms with Gasteiger partial charge in [-0.15, -0.1) is 0 Å². The third-order valence-electron chi connectivity index (χ3n) is 2.54. The van der Waals surface area contributed by atoms with Crippen LogP contribution in [0.5, 0.6) is 0 Å². The van der Waals surface area contributed by atoms with Gasteiger partial charge in [-0.25, -0.2) is 0 Å². The Bertz CT molecular complexity index is 449. The lowest BCUT2D eigenvalue weighted by Crippen LogP contribution is -2.39. The summed E-state index contributed by atoms with van der Waals surface area (Å²) in [5, 5.41) is 7.61. The minimum Gasteiger partial charge on any atom is -0.363 e. The Kier molecular flexibility index (Phi) is 8.11. The summed E-state index contributed by atoms with van der Waals surface area (Å²) in [6.07, 6.45) is 1.84. The van der Waals surface area contributed by atoms with Gasteiger partial charge in [0.05, 0.1) is 10.8 Å². The highest BCUT2D eigenvalue weighted by atomic mass is 35.5. The molecule has 1 rings (SSSR count). The lowest BCUT2D eigenvalue weighted by atomic mass is 10.3. The van der Waals surface area contributed by atoms with Gasteiger partial charge in [0.15, 0.2) is 5.11 Å². The van der Waals surface area contributed by atoms with E-state index in [1.165, 1.54) is 0 Å². The van der Waals surface area contributed by atoms with Crippen LogP contribution in [0.3, 0.4) is 0 Å². The summed E-state index contributed by atoms with van der Waals surface area (Å²) in [5.41, 5.74) is 0. The molecule has 0 aliphatic rings. The zero-order chi connectivity index (χ0) is 15.0. The van der Waals surface area contributed by atoms with Crippen LogP contribution in [-0.4, -0.2) is 27.7 Å². The van der Waals surface area contributed by atoms with Crippen molar-refractivity contribution >= 4 is 39.7 Å². The van der Waals surface area contributed by atoms with Crippen molar-refractivity contribution < 1.29 is 4.21 Å². The van der Waals surface area contributed by atoms with Gasteiger partial charge in [-0.1, -0.05) is 11.6 Å². The molecule has 6 heteroatoms. The monoisotopic (exact) mass is 332 g/mol. The standard InChI is InChI=1S/C14H21ClN2OS2/c1-11(2)17-14(19)16-9-3-4-10-20(18)13-7-5-12(15)6-8-13/h5-8,11H,3-4,9-10H2,1-2H3,(H2,16,17,19). The van der Waals surface area contributed by atoms with E-state index < -0.39 is 10.8 Å². The Hall–Kier alpha value is -0.650. The molecule has 1 atom stereocenters.